The number of benzene rings is 1. The van der Waals surface area contributed by atoms with Gasteiger partial charge in [-0.05, 0) is 37.5 Å². The van der Waals surface area contributed by atoms with Gasteiger partial charge in [-0.1, -0.05) is 0 Å². The van der Waals surface area contributed by atoms with E-state index in [1.54, 1.807) is 6.92 Å². The summed E-state index contributed by atoms with van der Waals surface area (Å²) in [6, 6.07) is 0. The first-order valence-electron chi connectivity index (χ1n) is 4.06. The normalized spacial score (nSPS) is 10.2. The molecule has 0 spiro atoms. The lowest BCUT2D eigenvalue weighted by molar-refractivity contribution is 0.347. The van der Waals surface area contributed by atoms with Crippen molar-refractivity contribution < 1.29 is 14.9 Å². The smallest absolute Gasteiger partial charge is 0.201 e. The summed E-state index contributed by atoms with van der Waals surface area (Å²) in [4.78, 5) is 0. The lowest BCUT2D eigenvalue weighted by Crippen LogP contribution is -1.94. The van der Waals surface area contributed by atoms with Crippen molar-refractivity contribution in [1.29, 1.82) is 0 Å². The average molecular weight is 182 g/mol. The number of ether oxygens (including phenoxy) is 1. The van der Waals surface area contributed by atoms with Gasteiger partial charge in [0.05, 0.1) is 7.11 Å². The second kappa shape index (κ2) is 3.17. The Morgan fingerprint density at radius 2 is 1.38 bits per heavy atom. The molecule has 0 fully saturated rings. The fraction of sp³-hybridized carbons (Fsp3) is 0.400. The van der Waals surface area contributed by atoms with Crippen LogP contribution in [-0.2, 0) is 0 Å². The van der Waals surface area contributed by atoms with E-state index in [4.69, 9.17) is 4.74 Å². The van der Waals surface area contributed by atoms with E-state index in [-0.39, 0.29) is 11.5 Å². The average Bonchev–Trinajstić information content (AvgIpc) is 2.13. The Kier molecular flexibility index (Phi) is 2.36. The number of methoxy groups -OCH3 is 1. The van der Waals surface area contributed by atoms with Crippen LogP contribution in [0.1, 0.15) is 16.7 Å². The van der Waals surface area contributed by atoms with Gasteiger partial charge in [-0.25, -0.2) is 0 Å². The minimum atomic E-state index is -0.178. The molecule has 2 N–H and O–H groups in total. The van der Waals surface area contributed by atoms with Gasteiger partial charge in [0.25, 0.3) is 0 Å². The first kappa shape index (κ1) is 9.71. The Balaban J connectivity index is 3.56. The molecule has 0 saturated carbocycles. The molecule has 3 heteroatoms. The van der Waals surface area contributed by atoms with Crippen LogP contribution in [0, 0.1) is 20.8 Å². The molecule has 1 rings (SSSR count). The molecule has 0 bridgehead atoms. The monoisotopic (exact) mass is 182 g/mol. The summed E-state index contributed by atoms with van der Waals surface area (Å²) in [7, 11) is 1.47. The number of phenolic OH excluding ortho intramolecular Hbond substituents is 2. The molecule has 13 heavy (non-hydrogen) atoms. The van der Waals surface area contributed by atoms with Gasteiger partial charge in [0.1, 0.15) is 0 Å². The summed E-state index contributed by atoms with van der Waals surface area (Å²) >= 11 is 0. The van der Waals surface area contributed by atoms with Crippen molar-refractivity contribution in [2.24, 2.45) is 0 Å². The number of hydrogen-bond acceptors (Lipinski definition) is 3. The highest BCUT2D eigenvalue weighted by atomic mass is 16.5. The van der Waals surface area contributed by atoms with Gasteiger partial charge in [-0.2, -0.15) is 0 Å². The van der Waals surface area contributed by atoms with Crippen LogP contribution in [0.15, 0.2) is 0 Å². The Hall–Kier alpha value is -1.38. The van der Waals surface area contributed by atoms with Gasteiger partial charge < -0.3 is 14.9 Å². The maximum absolute atomic E-state index is 9.51. The maximum atomic E-state index is 9.51. The number of rotatable bonds is 1. The van der Waals surface area contributed by atoms with Gasteiger partial charge >= 0.3 is 0 Å². The third kappa shape index (κ3) is 1.30. The zero-order valence-electron chi connectivity index (χ0n) is 8.30. The van der Waals surface area contributed by atoms with Crippen molar-refractivity contribution in [3.05, 3.63) is 16.7 Å². The van der Waals surface area contributed by atoms with Crippen LogP contribution >= 0.6 is 0 Å². The first-order valence-corrected chi connectivity index (χ1v) is 4.06. The molecule has 0 unspecified atom stereocenters. The van der Waals surface area contributed by atoms with Crippen LogP contribution in [0.2, 0.25) is 0 Å². The predicted octanol–water partition coefficient (Wildman–Crippen LogP) is 2.03. The van der Waals surface area contributed by atoms with Crippen LogP contribution < -0.4 is 4.74 Å². The Morgan fingerprint density at radius 3 is 1.85 bits per heavy atom. The highest BCUT2D eigenvalue weighted by Crippen LogP contribution is 2.42. The van der Waals surface area contributed by atoms with E-state index in [2.05, 4.69) is 0 Å². The number of aromatic hydroxyl groups is 2. The van der Waals surface area contributed by atoms with Crippen molar-refractivity contribution in [2.45, 2.75) is 20.8 Å². The van der Waals surface area contributed by atoms with Gasteiger partial charge in [0.15, 0.2) is 11.5 Å². The second-order valence-corrected chi connectivity index (χ2v) is 3.11. The van der Waals surface area contributed by atoms with Crippen LogP contribution in [-0.4, -0.2) is 17.3 Å². The lowest BCUT2D eigenvalue weighted by atomic mass is 10.0. The van der Waals surface area contributed by atoms with Gasteiger partial charge in [0, 0.05) is 0 Å². The van der Waals surface area contributed by atoms with E-state index >= 15 is 0 Å². The van der Waals surface area contributed by atoms with Gasteiger partial charge in [-0.3, -0.25) is 0 Å². The summed E-state index contributed by atoms with van der Waals surface area (Å²) in [5.41, 5.74) is 2.48. The van der Waals surface area contributed by atoms with Crippen molar-refractivity contribution in [3.63, 3.8) is 0 Å². The minimum Gasteiger partial charge on any atom is -0.504 e. The third-order valence-corrected chi connectivity index (χ3v) is 2.46. The van der Waals surface area contributed by atoms with Gasteiger partial charge in [-0.15, -0.1) is 0 Å². The fourth-order valence-electron chi connectivity index (χ4n) is 1.34. The Bertz CT molecular complexity index is 314. The summed E-state index contributed by atoms with van der Waals surface area (Å²) in [6.45, 7) is 5.49. The van der Waals surface area contributed by atoms with Crippen molar-refractivity contribution in [2.75, 3.05) is 7.11 Å². The standard InChI is InChI=1S/C10H14O3/c1-5-6(2)8(11)9(12)10(13-4)7(5)3/h11-12H,1-4H3. The van der Waals surface area contributed by atoms with E-state index < -0.39 is 0 Å². The van der Waals surface area contributed by atoms with Crippen LogP contribution in [0.5, 0.6) is 17.2 Å². The summed E-state index contributed by atoms with van der Waals surface area (Å²) in [6.07, 6.45) is 0. The molecule has 0 heterocycles. The summed E-state index contributed by atoms with van der Waals surface area (Å²) < 4.78 is 4.98. The Morgan fingerprint density at radius 1 is 0.846 bits per heavy atom. The molecule has 0 aliphatic carbocycles. The molecule has 0 aromatic heterocycles. The number of hydrogen-bond donors (Lipinski definition) is 2. The molecule has 3 nitrogen and oxygen atoms in total. The van der Waals surface area contributed by atoms with Gasteiger partial charge in [0.2, 0.25) is 5.75 Å². The molecule has 0 aliphatic heterocycles. The predicted molar refractivity (Wildman–Crippen MR) is 50.5 cm³/mol. The van der Waals surface area contributed by atoms with E-state index in [1.165, 1.54) is 7.11 Å². The molecule has 0 radical (unpaired) electrons. The quantitative estimate of drug-likeness (QED) is 0.653. The van der Waals surface area contributed by atoms with E-state index in [0.29, 0.717) is 11.3 Å². The minimum absolute atomic E-state index is 0.0973. The van der Waals surface area contributed by atoms with Crippen molar-refractivity contribution >= 4 is 0 Å². The van der Waals surface area contributed by atoms with Crippen molar-refractivity contribution in [3.8, 4) is 17.2 Å². The van der Waals surface area contributed by atoms with E-state index in [0.717, 1.165) is 11.1 Å². The topological polar surface area (TPSA) is 49.7 Å². The zero-order chi connectivity index (χ0) is 10.2. The highest BCUT2D eigenvalue weighted by molar-refractivity contribution is 5.61. The summed E-state index contributed by atoms with van der Waals surface area (Å²) in [5, 5.41) is 19.0. The van der Waals surface area contributed by atoms with Crippen molar-refractivity contribution in [1.82, 2.24) is 0 Å². The molecule has 72 valence electrons. The first-order chi connectivity index (χ1) is 6.00. The molecular weight excluding hydrogens is 168 g/mol. The molecule has 1 aromatic carbocycles. The number of phenols is 2. The fourth-order valence-corrected chi connectivity index (χ4v) is 1.34. The molecule has 0 atom stereocenters. The van der Waals surface area contributed by atoms with E-state index in [9.17, 15) is 10.2 Å². The lowest BCUT2D eigenvalue weighted by Gasteiger charge is -2.14. The second-order valence-electron chi connectivity index (χ2n) is 3.11. The highest BCUT2D eigenvalue weighted by Gasteiger charge is 2.16. The SMILES string of the molecule is COc1c(C)c(C)c(C)c(O)c1O. The zero-order valence-corrected chi connectivity index (χ0v) is 8.30. The van der Waals surface area contributed by atoms with Crippen LogP contribution in [0.4, 0.5) is 0 Å². The van der Waals surface area contributed by atoms with Crippen LogP contribution in [0.3, 0.4) is 0 Å². The Labute approximate surface area is 77.6 Å². The molecule has 0 saturated heterocycles. The van der Waals surface area contributed by atoms with E-state index in [1.807, 2.05) is 13.8 Å². The molecular formula is C10H14O3. The largest absolute Gasteiger partial charge is 0.504 e. The molecule has 0 amide bonds. The van der Waals surface area contributed by atoms with Crippen LogP contribution in [0.25, 0.3) is 0 Å². The third-order valence-electron chi connectivity index (χ3n) is 2.46. The maximum Gasteiger partial charge on any atom is 0.201 e. The molecule has 0 aliphatic rings. The summed E-state index contributed by atoms with van der Waals surface area (Å²) in [5.74, 6) is 0.0728. The molecule has 1 aromatic rings.